The average Bonchev–Trinajstić information content (AvgIpc) is 2.52. The van der Waals surface area contributed by atoms with E-state index in [0.29, 0.717) is 17.1 Å². The zero-order valence-electron chi connectivity index (χ0n) is 10.8. The van der Waals surface area contributed by atoms with Gasteiger partial charge in [0.15, 0.2) is 0 Å². The molecule has 2 aliphatic rings. The Bertz CT molecular complexity index is 622. The van der Waals surface area contributed by atoms with Crippen LogP contribution in [0.1, 0.15) is 0 Å². The van der Waals surface area contributed by atoms with Gasteiger partial charge in [0.05, 0.1) is 5.03 Å². The van der Waals surface area contributed by atoms with Gasteiger partial charge in [-0.05, 0) is 11.6 Å². The van der Waals surface area contributed by atoms with Crippen LogP contribution in [0.2, 0.25) is 0 Å². The molecule has 1 amide bonds. The molecule has 2 aliphatic heterocycles. The molecule has 1 aromatic rings. The molecule has 2 atom stereocenters. The molecule has 3 heterocycles. The molecule has 3 rings (SSSR count). The van der Waals surface area contributed by atoms with E-state index in [4.69, 9.17) is 5.73 Å². The smallest absolute Gasteiger partial charge is 0.352 e. The molecule has 1 saturated heterocycles. The van der Waals surface area contributed by atoms with Gasteiger partial charge in [0.1, 0.15) is 23.4 Å². The number of aromatic nitrogens is 2. The van der Waals surface area contributed by atoms with Gasteiger partial charge in [-0.2, -0.15) is 0 Å². The second kappa shape index (κ2) is 5.66. The number of carboxylic acids is 1. The fraction of sp³-hybridized carbons (Fsp3) is 0.333. The van der Waals surface area contributed by atoms with Crippen molar-refractivity contribution in [2.24, 2.45) is 5.73 Å². The predicted octanol–water partition coefficient (Wildman–Crippen LogP) is 0.150. The summed E-state index contributed by atoms with van der Waals surface area (Å²) in [7, 11) is 0. The lowest BCUT2D eigenvalue weighted by molar-refractivity contribution is -0.147. The second-order valence-electron chi connectivity index (χ2n) is 4.53. The number of rotatable bonds is 4. The fourth-order valence-electron chi connectivity index (χ4n) is 2.22. The van der Waals surface area contributed by atoms with Crippen molar-refractivity contribution in [2.45, 2.75) is 16.4 Å². The molecule has 0 aromatic carbocycles. The quantitative estimate of drug-likeness (QED) is 0.457. The number of carboxylic acid groups (broad SMARTS) is 1. The maximum Gasteiger partial charge on any atom is 0.352 e. The topological polar surface area (TPSA) is 109 Å². The standard InChI is InChI=1S/C12H12N4O3S2/c13-8-10(17)16-9(12(18)19)6(4-21-11(8)16)3-20-7-1-2-14-5-15-7/h1-2,5,8,11H,3-4,13H2,(H,18,19). The van der Waals surface area contributed by atoms with E-state index in [9.17, 15) is 14.7 Å². The van der Waals surface area contributed by atoms with Crippen molar-refractivity contribution < 1.29 is 14.7 Å². The molecule has 0 spiro atoms. The first kappa shape index (κ1) is 14.4. The Morgan fingerprint density at radius 1 is 1.62 bits per heavy atom. The zero-order valence-corrected chi connectivity index (χ0v) is 12.4. The maximum atomic E-state index is 11.8. The lowest BCUT2D eigenvalue weighted by atomic mass is 10.0. The van der Waals surface area contributed by atoms with Gasteiger partial charge in [-0.3, -0.25) is 9.69 Å². The predicted molar refractivity (Wildman–Crippen MR) is 78.5 cm³/mol. The van der Waals surface area contributed by atoms with Crippen LogP contribution in [0.4, 0.5) is 0 Å². The molecule has 0 bridgehead atoms. The molecule has 21 heavy (non-hydrogen) atoms. The van der Waals surface area contributed by atoms with Crippen LogP contribution in [0.25, 0.3) is 0 Å². The maximum absolute atomic E-state index is 11.8. The molecule has 2 unspecified atom stereocenters. The Morgan fingerprint density at radius 2 is 2.43 bits per heavy atom. The summed E-state index contributed by atoms with van der Waals surface area (Å²) in [6.45, 7) is 0. The number of carbonyl (C=O) groups is 2. The van der Waals surface area contributed by atoms with Crippen molar-refractivity contribution >= 4 is 35.4 Å². The molecular formula is C12H12N4O3S2. The van der Waals surface area contributed by atoms with E-state index in [1.165, 1.54) is 34.8 Å². The zero-order chi connectivity index (χ0) is 15.0. The van der Waals surface area contributed by atoms with E-state index in [0.717, 1.165) is 5.03 Å². The molecule has 0 saturated carbocycles. The molecule has 0 radical (unpaired) electrons. The molecule has 3 N–H and O–H groups in total. The largest absolute Gasteiger partial charge is 0.477 e. The number of β-lactam (4-membered cyclic amide) rings is 1. The Balaban J connectivity index is 1.81. The molecule has 110 valence electrons. The number of carbonyl (C=O) groups excluding carboxylic acids is 1. The molecule has 1 aromatic heterocycles. The first-order valence-electron chi connectivity index (χ1n) is 6.14. The van der Waals surface area contributed by atoms with Gasteiger partial charge in [0, 0.05) is 17.7 Å². The molecule has 0 aliphatic carbocycles. The van der Waals surface area contributed by atoms with E-state index in [1.54, 1.807) is 12.3 Å². The van der Waals surface area contributed by atoms with Crippen molar-refractivity contribution in [1.29, 1.82) is 0 Å². The summed E-state index contributed by atoms with van der Waals surface area (Å²) in [5, 5.41) is 9.91. The number of aliphatic carboxylic acids is 1. The Hall–Kier alpha value is -1.58. The summed E-state index contributed by atoms with van der Waals surface area (Å²) >= 11 is 2.92. The number of nitrogens with two attached hydrogens (primary N) is 1. The van der Waals surface area contributed by atoms with E-state index < -0.39 is 12.0 Å². The minimum absolute atomic E-state index is 0.0759. The van der Waals surface area contributed by atoms with Gasteiger partial charge in [-0.15, -0.1) is 23.5 Å². The van der Waals surface area contributed by atoms with E-state index in [1.807, 2.05) is 0 Å². The highest BCUT2D eigenvalue weighted by Gasteiger charge is 2.51. The summed E-state index contributed by atoms with van der Waals surface area (Å²) in [6.07, 6.45) is 3.07. The highest BCUT2D eigenvalue weighted by Crippen LogP contribution is 2.40. The van der Waals surface area contributed by atoms with Gasteiger partial charge in [0.25, 0.3) is 0 Å². The fourth-order valence-corrected chi connectivity index (χ4v) is 4.48. The Kier molecular flexibility index (Phi) is 3.87. The third kappa shape index (κ3) is 2.52. The third-order valence-electron chi connectivity index (χ3n) is 3.24. The first-order valence-corrected chi connectivity index (χ1v) is 8.17. The SMILES string of the molecule is NC1C(=O)N2C(C(=O)O)=C(CSc3ccncn3)CSC12. The number of thioether (sulfide) groups is 2. The van der Waals surface area contributed by atoms with Crippen LogP contribution in [-0.4, -0.2) is 54.8 Å². The highest BCUT2D eigenvalue weighted by molar-refractivity contribution is 8.01. The van der Waals surface area contributed by atoms with Gasteiger partial charge in [0.2, 0.25) is 5.91 Å². The van der Waals surface area contributed by atoms with Gasteiger partial charge >= 0.3 is 5.97 Å². The molecule has 7 nitrogen and oxygen atoms in total. The summed E-state index contributed by atoms with van der Waals surface area (Å²) in [5.41, 5.74) is 6.49. The third-order valence-corrected chi connectivity index (χ3v) is 5.63. The molecular weight excluding hydrogens is 312 g/mol. The van der Waals surface area contributed by atoms with E-state index >= 15 is 0 Å². The van der Waals surface area contributed by atoms with Gasteiger partial charge in [-0.25, -0.2) is 14.8 Å². The molecule has 1 fully saturated rings. The number of nitrogens with zero attached hydrogens (tertiary/aromatic N) is 3. The normalized spacial score (nSPS) is 24.6. The van der Waals surface area contributed by atoms with Gasteiger partial charge < -0.3 is 10.8 Å². The van der Waals surface area contributed by atoms with E-state index in [-0.39, 0.29) is 17.0 Å². The number of hydrogen-bond donors (Lipinski definition) is 2. The van der Waals surface area contributed by atoms with Gasteiger partial charge in [-0.1, -0.05) is 0 Å². The summed E-state index contributed by atoms with van der Waals surface area (Å²) in [5.74, 6) is -0.382. The minimum atomic E-state index is -1.08. The van der Waals surface area contributed by atoms with Crippen molar-refractivity contribution in [2.75, 3.05) is 11.5 Å². The average molecular weight is 324 g/mol. The van der Waals surface area contributed by atoms with Crippen LogP contribution < -0.4 is 5.73 Å². The van der Waals surface area contributed by atoms with Crippen LogP contribution in [0.3, 0.4) is 0 Å². The Labute approximate surface area is 129 Å². The molecule has 9 heteroatoms. The summed E-state index contributed by atoms with van der Waals surface area (Å²) < 4.78 is 0. The lowest BCUT2D eigenvalue weighted by Crippen LogP contribution is -2.68. The van der Waals surface area contributed by atoms with Crippen LogP contribution in [0.15, 0.2) is 34.9 Å². The number of hydrogen-bond acceptors (Lipinski definition) is 7. The first-order chi connectivity index (χ1) is 10.1. The number of fused-ring (bicyclic) bond motifs is 1. The second-order valence-corrected chi connectivity index (χ2v) is 6.63. The van der Waals surface area contributed by atoms with Crippen molar-refractivity contribution in [1.82, 2.24) is 14.9 Å². The van der Waals surface area contributed by atoms with Crippen LogP contribution in [0.5, 0.6) is 0 Å². The van der Waals surface area contributed by atoms with Crippen LogP contribution in [0, 0.1) is 0 Å². The minimum Gasteiger partial charge on any atom is -0.477 e. The summed E-state index contributed by atoms with van der Waals surface area (Å²) in [4.78, 5) is 32.5. The van der Waals surface area contributed by atoms with Crippen molar-refractivity contribution in [3.8, 4) is 0 Å². The number of amides is 1. The lowest BCUT2D eigenvalue weighted by Gasteiger charge is -2.48. The highest BCUT2D eigenvalue weighted by atomic mass is 32.2. The van der Waals surface area contributed by atoms with Crippen LogP contribution in [-0.2, 0) is 9.59 Å². The van der Waals surface area contributed by atoms with Crippen molar-refractivity contribution in [3.63, 3.8) is 0 Å². The monoisotopic (exact) mass is 324 g/mol. The van der Waals surface area contributed by atoms with Crippen molar-refractivity contribution in [3.05, 3.63) is 29.9 Å². The summed E-state index contributed by atoms with van der Waals surface area (Å²) in [6, 6.07) is 1.16. The Morgan fingerprint density at radius 3 is 3.10 bits per heavy atom. The van der Waals surface area contributed by atoms with E-state index in [2.05, 4.69) is 9.97 Å². The van der Waals surface area contributed by atoms with Crippen LogP contribution >= 0.6 is 23.5 Å².